The largest absolute Gasteiger partial charge is 0.393 e. The molecule has 0 saturated heterocycles. The molecule has 2 rings (SSSR count). The highest BCUT2D eigenvalue weighted by atomic mass is 16.5. The van der Waals surface area contributed by atoms with Gasteiger partial charge in [-0.1, -0.05) is 38.3 Å². The Bertz CT molecular complexity index is 356. The number of hydrogen-bond acceptors (Lipinski definition) is 4. The normalized spacial score (nSPS) is 19.3. The average Bonchev–Trinajstić information content (AvgIpc) is 2.77. The number of hydrogen-bond donors (Lipinski definition) is 1. The maximum absolute atomic E-state index is 9.86. The zero-order valence-corrected chi connectivity index (χ0v) is 11.4. The molecule has 0 aromatic carbocycles. The Morgan fingerprint density at radius 3 is 2.67 bits per heavy atom. The van der Waals surface area contributed by atoms with Crippen LogP contribution in [0.2, 0.25) is 0 Å². The van der Waals surface area contributed by atoms with Crippen LogP contribution >= 0.6 is 0 Å². The van der Waals surface area contributed by atoms with Crippen molar-refractivity contribution >= 4 is 0 Å². The maximum Gasteiger partial charge on any atom is 0.229 e. The second kappa shape index (κ2) is 6.32. The molecule has 1 aromatic rings. The lowest BCUT2D eigenvalue weighted by molar-refractivity contribution is 0.138. The monoisotopic (exact) mass is 252 g/mol. The molecule has 4 nitrogen and oxygen atoms in total. The van der Waals surface area contributed by atoms with E-state index in [-0.39, 0.29) is 6.10 Å². The van der Waals surface area contributed by atoms with Crippen LogP contribution in [-0.4, -0.2) is 21.4 Å². The molecule has 1 heterocycles. The Balaban J connectivity index is 1.89. The molecule has 4 heteroatoms. The molecule has 1 N–H and O–H groups in total. The minimum atomic E-state index is -0.371. The lowest BCUT2D eigenvalue weighted by atomic mass is 9.89. The van der Waals surface area contributed by atoms with Crippen LogP contribution in [-0.2, 0) is 6.42 Å². The summed E-state index contributed by atoms with van der Waals surface area (Å²) in [6, 6.07) is 0. The van der Waals surface area contributed by atoms with Crippen LogP contribution in [0.25, 0.3) is 0 Å². The third-order valence-electron chi connectivity index (χ3n) is 3.61. The molecule has 102 valence electrons. The van der Waals surface area contributed by atoms with Crippen molar-refractivity contribution < 1.29 is 9.63 Å². The molecule has 0 radical (unpaired) electrons. The molecule has 1 aromatic heterocycles. The molecule has 1 unspecified atom stereocenters. The fourth-order valence-corrected chi connectivity index (χ4v) is 2.71. The molecule has 0 spiro atoms. The highest BCUT2D eigenvalue weighted by molar-refractivity contribution is 4.97. The Labute approximate surface area is 109 Å². The molecule has 1 fully saturated rings. The van der Waals surface area contributed by atoms with Gasteiger partial charge in [0.15, 0.2) is 5.82 Å². The summed E-state index contributed by atoms with van der Waals surface area (Å²) in [6.07, 6.45) is 7.10. The van der Waals surface area contributed by atoms with E-state index in [4.69, 9.17) is 4.52 Å². The van der Waals surface area contributed by atoms with Crippen LogP contribution in [0.1, 0.15) is 70.0 Å². The Hall–Kier alpha value is -0.900. The molecular weight excluding hydrogens is 228 g/mol. The summed E-state index contributed by atoms with van der Waals surface area (Å²) < 4.78 is 5.25. The van der Waals surface area contributed by atoms with E-state index >= 15 is 0 Å². The van der Waals surface area contributed by atoms with E-state index in [0.717, 1.165) is 12.2 Å². The molecule has 1 saturated carbocycles. The number of aromatic nitrogens is 2. The standard InChI is InChI=1S/C14H24N2O2/c1-10(2)8-12(17)9-13-15-14(16-18-13)11-6-4-3-5-7-11/h10-12,17H,3-9H2,1-2H3. The van der Waals surface area contributed by atoms with Gasteiger partial charge in [-0.05, 0) is 25.2 Å². The predicted octanol–water partition coefficient (Wildman–Crippen LogP) is 3.07. The summed E-state index contributed by atoms with van der Waals surface area (Å²) in [5.74, 6) is 2.39. The summed E-state index contributed by atoms with van der Waals surface area (Å²) in [5.41, 5.74) is 0. The van der Waals surface area contributed by atoms with Gasteiger partial charge in [0.2, 0.25) is 5.89 Å². The average molecular weight is 252 g/mol. The summed E-state index contributed by atoms with van der Waals surface area (Å²) in [6.45, 7) is 4.20. The highest BCUT2D eigenvalue weighted by Crippen LogP contribution is 2.30. The van der Waals surface area contributed by atoms with Crippen molar-refractivity contribution in [3.8, 4) is 0 Å². The Kier molecular flexibility index (Phi) is 4.75. The molecule has 0 bridgehead atoms. The minimum absolute atomic E-state index is 0.371. The highest BCUT2D eigenvalue weighted by Gasteiger charge is 2.21. The van der Waals surface area contributed by atoms with E-state index in [1.165, 1.54) is 32.1 Å². The molecule has 1 atom stereocenters. The first-order valence-electron chi connectivity index (χ1n) is 7.15. The van der Waals surface area contributed by atoms with Crippen LogP contribution in [0.3, 0.4) is 0 Å². The second-order valence-electron chi connectivity index (χ2n) is 5.87. The fourth-order valence-electron chi connectivity index (χ4n) is 2.71. The SMILES string of the molecule is CC(C)CC(O)Cc1nc(C2CCCCC2)no1. The van der Waals surface area contributed by atoms with E-state index < -0.39 is 0 Å². The number of nitrogens with zero attached hydrogens (tertiary/aromatic N) is 2. The number of rotatable bonds is 5. The van der Waals surface area contributed by atoms with E-state index in [0.29, 0.717) is 24.1 Å². The van der Waals surface area contributed by atoms with Crippen LogP contribution in [0.15, 0.2) is 4.52 Å². The van der Waals surface area contributed by atoms with Gasteiger partial charge in [0.05, 0.1) is 12.5 Å². The van der Waals surface area contributed by atoms with E-state index in [1.807, 2.05) is 0 Å². The van der Waals surface area contributed by atoms with Gasteiger partial charge in [-0.25, -0.2) is 0 Å². The van der Waals surface area contributed by atoms with Crippen molar-refractivity contribution in [2.45, 2.75) is 70.8 Å². The minimum Gasteiger partial charge on any atom is -0.393 e. The fraction of sp³-hybridized carbons (Fsp3) is 0.857. The van der Waals surface area contributed by atoms with Crippen molar-refractivity contribution in [3.05, 3.63) is 11.7 Å². The maximum atomic E-state index is 9.86. The molecule has 0 aliphatic heterocycles. The molecular formula is C14H24N2O2. The lowest BCUT2D eigenvalue weighted by Gasteiger charge is -2.17. The van der Waals surface area contributed by atoms with Gasteiger partial charge in [-0.3, -0.25) is 0 Å². The van der Waals surface area contributed by atoms with Gasteiger partial charge in [-0.2, -0.15) is 4.98 Å². The molecule has 0 amide bonds. The summed E-state index contributed by atoms with van der Waals surface area (Å²) in [4.78, 5) is 4.44. The van der Waals surface area contributed by atoms with Gasteiger partial charge < -0.3 is 9.63 Å². The quantitative estimate of drug-likeness (QED) is 0.875. The van der Waals surface area contributed by atoms with E-state index in [1.54, 1.807) is 0 Å². The topological polar surface area (TPSA) is 59.2 Å². The first kappa shape index (κ1) is 13.5. The zero-order chi connectivity index (χ0) is 13.0. The number of aliphatic hydroxyl groups is 1. The van der Waals surface area contributed by atoms with Crippen LogP contribution in [0.4, 0.5) is 0 Å². The Morgan fingerprint density at radius 1 is 1.28 bits per heavy atom. The van der Waals surface area contributed by atoms with Crippen molar-refractivity contribution in [2.75, 3.05) is 0 Å². The summed E-state index contributed by atoms with van der Waals surface area (Å²) >= 11 is 0. The lowest BCUT2D eigenvalue weighted by Crippen LogP contribution is -2.13. The van der Waals surface area contributed by atoms with Crippen molar-refractivity contribution in [3.63, 3.8) is 0 Å². The molecule has 18 heavy (non-hydrogen) atoms. The Morgan fingerprint density at radius 2 is 2.00 bits per heavy atom. The van der Waals surface area contributed by atoms with Gasteiger partial charge >= 0.3 is 0 Å². The van der Waals surface area contributed by atoms with Gasteiger partial charge in [0, 0.05) is 5.92 Å². The first-order valence-corrected chi connectivity index (χ1v) is 7.15. The van der Waals surface area contributed by atoms with E-state index in [9.17, 15) is 5.11 Å². The third kappa shape index (κ3) is 3.80. The molecule has 1 aliphatic carbocycles. The molecule has 1 aliphatic rings. The van der Waals surface area contributed by atoms with Gasteiger partial charge in [-0.15, -0.1) is 0 Å². The smallest absolute Gasteiger partial charge is 0.229 e. The van der Waals surface area contributed by atoms with Crippen molar-refractivity contribution in [2.24, 2.45) is 5.92 Å². The van der Waals surface area contributed by atoms with Crippen molar-refractivity contribution in [1.29, 1.82) is 0 Å². The third-order valence-corrected chi connectivity index (χ3v) is 3.61. The van der Waals surface area contributed by atoms with E-state index in [2.05, 4.69) is 24.0 Å². The van der Waals surface area contributed by atoms with Crippen LogP contribution in [0.5, 0.6) is 0 Å². The first-order chi connectivity index (χ1) is 8.65. The second-order valence-corrected chi connectivity index (χ2v) is 5.87. The van der Waals surface area contributed by atoms with Crippen LogP contribution < -0.4 is 0 Å². The summed E-state index contributed by atoms with van der Waals surface area (Å²) in [5, 5.41) is 13.9. The predicted molar refractivity (Wildman–Crippen MR) is 69.3 cm³/mol. The van der Waals surface area contributed by atoms with Crippen molar-refractivity contribution in [1.82, 2.24) is 10.1 Å². The van der Waals surface area contributed by atoms with Gasteiger partial charge in [0.25, 0.3) is 0 Å². The number of aliphatic hydroxyl groups excluding tert-OH is 1. The van der Waals surface area contributed by atoms with Crippen LogP contribution in [0, 0.1) is 5.92 Å². The summed E-state index contributed by atoms with van der Waals surface area (Å²) in [7, 11) is 0. The van der Waals surface area contributed by atoms with Gasteiger partial charge in [0.1, 0.15) is 0 Å². The zero-order valence-electron chi connectivity index (χ0n) is 11.4.